The lowest BCUT2D eigenvalue weighted by atomic mass is 10.2. The summed E-state index contributed by atoms with van der Waals surface area (Å²) in [7, 11) is 1.50. The summed E-state index contributed by atoms with van der Waals surface area (Å²) in [4.78, 5) is 35.6. The maximum atomic E-state index is 12.2. The van der Waals surface area contributed by atoms with Crippen LogP contribution in [0.25, 0.3) is 0 Å². The number of esters is 1. The van der Waals surface area contributed by atoms with E-state index in [1.165, 1.54) is 7.11 Å². The number of anilines is 2. The molecule has 2 amide bonds. The van der Waals surface area contributed by atoms with Crippen molar-refractivity contribution >= 4 is 46.5 Å². The fraction of sp³-hybridized carbons (Fsp3) is 0.238. The van der Waals surface area contributed by atoms with E-state index in [0.717, 1.165) is 0 Å². The molecular formula is C21H23N3O5S. The second kappa shape index (κ2) is 12.3. The fourth-order valence-corrected chi connectivity index (χ4v) is 2.58. The molecule has 0 aromatic heterocycles. The lowest BCUT2D eigenvalue weighted by Crippen LogP contribution is -2.34. The van der Waals surface area contributed by atoms with Crippen LogP contribution in [0.15, 0.2) is 54.6 Å². The molecule has 2 aromatic carbocycles. The van der Waals surface area contributed by atoms with Crippen molar-refractivity contribution in [3.8, 4) is 0 Å². The summed E-state index contributed by atoms with van der Waals surface area (Å²) in [6.45, 7) is 0.449. The Labute approximate surface area is 179 Å². The number of carbonyl (C=O) groups excluding carboxylic acids is 3. The van der Waals surface area contributed by atoms with Gasteiger partial charge < -0.3 is 25.4 Å². The molecule has 0 atom stereocenters. The molecule has 0 radical (unpaired) electrons. The Kier molecular flexibility index (Phi) is 9.43. The average molecular weight is 429 g/mol. The molecule has 3 N–H and O–H groups in total. The van der Waals surface area contributed by atoms with Crippen LogP contribution in [0.4, 0.5) is 11.4 Å². The first-order valence-electron chi connectivity index (χ1n) is 9.20. The van der Waals surface area contributed by atoms with Crippen molar-refractivity contribution in [2.75, 3.05) is 31.0 Å². The summed E-state index contributed by atoms with van der Waals surface area (Å²) in [5.74, 6) is -1.13. The van der Waals surface area contributed by atoms with Crippen LogP contribution in [0.3, 0.4) is 0 Å². The number of hydrogen-bond acceptors (Lipinski definition) is 6. The summed E-state index contributed by atoms with van der Waals surface area (Å²) in [6, 6.07) is 15.7. The zero-order valence-electron chi connectivity index (χ0n) is 16.5. The van der Waals surface area contributed by atoms with E-state index in [-0.39, 0.29) is 30.5 Å². The van der Waals surface area contributed by atoms with Crippen LogP contribution < -0.4 is 16.0 Å². The lowest BCUT2D eigenvalue weighted by Gasteiger charge is -2.11. The third-order valence-corrected chi connectivity index (χ3v) is 3.98. The van der Waals surface area contributed by atoms with E-state index in [4.69, 9.17) is 21.7 Å². The molecule has 0 heterocycles. The molecule has 0 unspecified atom stereocenters. The maximum absolute atomic E-state index is 12.2. The normalized spacial score (nSPS) is 10.0. The zero-order valence-corrected chi connectivity index (χ0v) is 17.3. The van der Waals surface area contributed by atoms with E-state index < -0.39 is 11.9 Å². The minimum Gasteiger partial charge on any atom is -0.463 e. The largest absolute Gasteiger partial charge is 0.463 e. The van der Waals surface area contributed by atoms with Gasteiger partial charge in [-0.15, -0.1) is 0 Å². The summed E-state index contributed by atoms with van der Waals surface area (Å²) in [5.41, 5.74) is 1.70. The van der Waals surface area contributed by atoms with Crippen LogP contribution in [0, 0.1) is 0 Å². The van der Waals surface area contributed by atoms with Gasteiger partial charge in [-0.05, 0) is 42.5 Å². The highest BCUT2D eigenvalue weighted by molar-refractivity contribution is 7.80. The quantitative estimate of drug-likeness (QED) is 0.320. The highest BCUT2D eigenvalue weighted by Crippen LogP contribution is 2.16. The standard InChI is InChI=1S/C21H23N3O5S/c1-28-12-13-29-19(26)11-10-18(25)24-21(30)23-17-9-5-8-16(14-17)22-20(27)15-6-3-2-4-7-15/h2-9,14H,10-13H2,1H3,(H,22,27)(H2,23,24,25,30). The van der Waals surface area contributed by atoms with Crippen LogP contribution in [0.1, 0.15) is 23.2 Å². The van der Waals surface area contributed by atoms with Gasteiger partial charge in [0.2, 0.25) is 5.91 Å². The molecular weight excluding hydrogens is 406 g/mol. The number of ether oxygens (including phenoxy) is 2. The van der Waals surface area contributed by atoms with Crippen LogP contribution in [0.2, 0.25) is 0 Å². The van der Waals surface area contributed by atoms with Crippen molar-refractivity contribution in [3.63, 3.8) is 0 Å². The second-order valence-corrected chi connectivity index (χ2v) is 6.52. The molecule has 0 saturated heterocycles. The van der Waals surface area contributed by atoms with Crippen molar-refractivity contribution in [1.29, 1.82) is 0 Å². The van der Waals surface area contributed by atoms with Gasteiger partial charge in [0.15, 0.2) is 5.11 Å². The molecule has 0 spiro atoms. The van der Waals surface area contributed by atoms with Gasteiger partial charge in [0.25, 0.3) is 5.91 Å². The second-order valence-electron chi connectivity index (χ2n) is 6.12. The van der Waals surface area contributed by atoms with Crippen LogP contribution in [-0.4, -0.2) is 43.2 Å². The van der Waals surface area contributed by atoms with E-state index in [9.17, 15) is 14.4 Å². The van der Waals surface area contributed by atoms with Gasteiger partial charge in [0.1, 0.15) is 6.61 Å². The van der Waals surface area contributed by atoms with E-state index in [1.807, 2.05) is 6.07 Å². The number of methoxy groups -OCH3 is 1. The Morgan fingerprint density at radius 3 is 2.30 bits per heavy atom. The first-order valence-corrected chi connectivity index (χ1v) is 9.60. The molecule has 0 saturated carbocycles. The highest BCUT2D eigenvalue weighted by atomic mass is 32.1. The smallest absolute Gasteiger partial charge is 0.306 e. The predicted molar refractivity (Wildman–Crippen MR) is 117 cm³/mol. The number of thiocarbonyl (C=S) groups is 1. The van der Waals surface area contributed by atoms with Gasteiger partial charge in [0.05, 0.1) is 13.0 Å². The minimum absolute atomic E-state index is 0.0548. The molecule has 30 heavy (non-hydrogen) atoms. The van der Waals surface area contributed by atoms with E-state index in [0.29, 0.717) is 23.5 Å². The van der Waals surface area contributed by atoms with Crippen molar-refractivity contribution in [2.24, 2.45) is 0 Å². The van der Waals surface area contributed by atoms with Gasteiger partial charge in [0, 0.05) is 30.5 Å². The summed E-state index contributed by atoms with van der Waals surface area (Å²) >= 11 is 5.12. The third kappa shape index (κ3) is 8.38. The summed E-state index contributed by atoms with van der Waals surface area (Å²) in [6.07, 6.45) is -0.111. The van der Waals surface area contributed by atoms with Crippen molar-refractivity contribution in [3.05, 3.63) is 60.2 Å². The minimum atomic E-state index is -0.483. The predicted octanol–water partition coefficient (Wildman–Crippen LogP) is 2.72. The number of carbonyl (C=O) groups is 3. The number of nitrogens with one attached hydrogen (secondary N) is 3. The molecule has 8 nitrogen and oxygen atoms in total. The third-order valence-electron chi connectivity index (χ3n) is 3.77. The lowest BCUT2D eigenvalue weighted by molar-refractivity contribution is -0.146. The van der Waals surface area contributed by atoms with Gasteiger partial charge in [-0.1, -0.05) is 24.3 Å². The number of hydrogen-bond donors (Lipinski definition) is 3. The molecule has 9 heteroatoms. The summed E-state index contributed by atoms with van der Waals surface area (Å²) < 4.78 is 9.66. The number of benzene rings is 2. The van der Waals surface area contributed by atoms with Crippen LogP contribution in [0.5, 0.6) is 0 Å². The molecule has 0 aliphatic carbocycles. The molecule has 0 bridgehead atoms. The van der Waals surface area contributed by atoms with E-state index in [2.05, 4.69) is 16.0 Å². The van der Waals surface area contributed by atoms with Gasteiger partial charge in [-0.3, -0.25) is 14.4 Å². The Bertz CT molecular complexity index is 889. The molecule has 0 aliphatic rings. The van der Waals surface area contributed by atoms with Crippen LogP contribution >= 0.6 is 12.2 Å². The van der Waals surface area contributed by atoms with Gasteiger partial charge >= 0.3 is 5.97 Å². The number of rotatable bonds is 9. The molecule has 158 valence electrons. The Morgan fingerprint density at radius 2 is 1.60 bits per heavy atom. The topological polar surface area (TPSA) is 106 Å². The zero-order chi connectivity index (χ0) is 21.8. The first kappa shape index (κ1) is 23.0. The molecule has 0 aliphatic heterocycles. The van der Waals surface area contributed by atoms with Gasteiger partial charge in [-0.25, -0.2) is 0 Å². The van der Waals surface area contributed by atoms with Crippen molar-refractivity contribution < 1.29 is 23.9 Å². The monoisotopic (exact) mass is 429 g/mol. The maximum Gasteiger partial charge on any atom is 0.306 e. The SMILES string of the molecule is COCCOC(=O)CCC(=O)NC(=S)Nc1cccc(NC(=O)c2ccccc2)c1. The number of amides is 2. The van der Waals surface area contributed by atoms with Crippen LogP contribution in [-0.2, 0) is 19.1 Å². The Hall–Kier alpha value is -3.30. The molecule has 2 aromatic rings. The molecule has 2 rings (SSSR count). The Morgan fingerprint density at radius 1 is 0.900 bits per heavy atom. The highest BCUT2D eigenvalue weighted by Gasteiger charge is 2.10. The molecule has 0 fully saturated rings. The Balaban J connectivity index is 1.79. The van der Waals surface area contributed by atoms with Crippen molar-refractivity contribution in [2.45, 2.75) is 12.8 Å². The van der Waals surface area contributed by atoms with E-state index in [1.54, 1.807) is 48.5 Å². The summed E-state index contributed by atoms with van der Waals surface area (Å²) in [5, 5.41) is 8.25. The first-order chi connectivity index (χ1) is 14.5. The van der Waals surface area contributed by atoms with E-state index >= 15 is 0 Å². The van der Waals surface area contributed by atoms with Crippen molar-refractivity contribution in [1.82, 2.24) is 5.32 Å². The average Bonchev–Trinajstić information content (AvgIpc) is 2.73. The fourth-order valence-electron chi connectivity index (χ4n) is 2.35. The van der Waals surface area contributed by atoms with Gasteiger partial charge in [-0.2, -0.15) is 0 Å².